The van der Waals surface area contributed by atoms with Crippen LogP contribution in [0, 0.1) is 0 Å². The molecular weight excluding hydrogens is 262 g/mol. The summed E-state index contributed by atoms with van der Waals surface area (Å²) in [4.78, 5) is 0. The van der Waals surface area contributed by atoms with Crippen molar-refractivity contribution in [1.82, 2.24) is 0 Å². The summed E-state index contributed by atoms with van der Waals surface area (Å²) in [7, 11) is -4.67. The summed E-state index contributed by atoms with van der Waals surface area (Å²) in [5.74, 6) is 0. The molecule has 0 bridgehead atoms. The third-order valence-electron chi connectivity index (χ3n) is 3.68. The highest BCUT2D eigenvalue weighted by molar-refractivity contribution is 7.39. The molecule has 6 heteroatoms. The first-order chi connectivity index (χ1) is 8.45. The van der Waals surface area contributed by atoms with Crippen LogP contribution in [0.5, 0.6) is 0 Å². The van der Waals surface area contributed by atoms with Crippen LogP contribution in [-0.2, 0) is 0 Å². The second-order valence-electron chi connectivity index (χ2n) is 5.33. The number of rotatable bonds is 2. The molecule has 0 amide bonds. The third kappa shape index (κ3) is 9.19. The minimum atomic E-state index is -6.00. The molecule has 108 valence electrons. The summed E-state index contributed by atoms with van der Waals surface area (Å²) >= 11 is 0. The maximum absolute atomic E-state index is 9.75. The Bertz CT molecular complexity index is 189. The first-order valence-electron chi connectivity index (χ1n) is 7.08. The summed E-state index contributed by atoms with van der Waals surface area (Å²) in [6, 6.07) is 0. The van der Waals surface area contributed by atoms with Crippen molar-refractivity contribution in [3.05, 3.63) is 0 Å². The highest BCUT2D eigenvalue weighted by Crippen LogP contribution is 2.41. The number of hydrogen-bond donors (Lipinski definition) is 0. The van der Waals surface area contributed by atoms with Gasteiger partial charge in [-0.25, -0.2) is 0 Å². The predicted molar refractivity (Wildman–Crippen MR) is 72.2 cm³/mol. The van der Waals surface area contributed by atoms with Crippen molar-refractivity contribution in [3.8, 4) is 0 Å². The Balaban J connectivity index is 0.000000280. The van der Waals surface area contributed by atoms with Crippen LogP contribution in [0.4, 0.5) is 17.3 Å². The molecule has 18 heavy (non-hydrogen) atoms. The summed E-state index contributed by atoms with van der Waals surface area (Å²) in [5, 5.41) is 0. The first-order valence-corrected chi connectivity index (χ1v) is 8.24. The van der Waals surface area contributed by atoms with Gasteiger partial charge in [0.1, 0.15) is 0 Å². The predicted octanol–water partition coefficient (Wildman–Crippen LogP) is 5.63. The fraction of sp³-hybridized carbons (Fsp3) is 1.00. The van der Waals surface area contributed by atoms with Gasteiger partial charge >= 0.3 is 7.25 Å². The highest BCUT2D eigenvalue weighted by atomic mass is 31.1. The molecule has 0 unspecified atom stereocenters. The Morgan fingerprint density at radius 3 is 1.17 bits per heavy atom. The molecule has 0 aromatic carbocycles. The molecule has 0 nitrogen and oxygen atoms in total. The molecular formula is C12H23BF4P-. The lowest BCUT2D eigenvalue weighted by Crippen LogP contribution is -2.14. The largest absolute Gasteiger partial charge is 0.673 e. The van der Waals surface area contributed by atoms with Crippen molar-refractivity contribution >= 4 is 15.8 Å². The summed E-state index contributed by atoms with van der Waals surface area (Å²) in [5.41, 5.74) is 2.30. The van der Waals surface area contributed by atoms with E-state index in [1.807, 2.05) is 0 Å². The van der Waals surface area contributed by atoms with Gasteiger partial charge in [-0.15, -0.1) is 8.58 Å². The van der Waals surface area contributed by atoms with Crippen molar-refractivity contribution in [1.29, 1.82) is 0 Å². The van der Waals surface area contributed by atoms with E-state index in [9.17, 15) is 17.3 Å². The van der Waals surface area contributed by atoms with Gasteiger partial charge in [0.25, 0.3) is 0 Å². The zero-order chi connectivity index (χ0) is 13.4. The number of hydrogen-bond acceptors (Lipinski definition) is 0. The molecule has 0 saturated heterocycles. The Morgan fingerprint density at radius 1 is 0.611 bits per heavy atom. The lowest BCUT2D eigenvalue weighted by Gasteiger charge is -2.28. The normalized spacial score (nSPS) is 23.3. The van der Waals surface area contributed by atoms with E-state index >= 15 is 0 Å². The second-order valence-corrected chi connectivity index (χ2v) is 7.30. The monoisotopic (exact) mass is 285 g/mol. The maximum Gasteiger partial charge on any atom is 0.673 e. The molecule has 0 N–H and O–H groups in total. The van der Waals surface area contributed by atoms with Crippen molar-refractivity contribution in [2.45, 2.75) is 75.5 Å². The van der Waals surface area contributed by atoms with Crippen LogP contribution in [-0.4, -0.2) is 18.6 Å². The Kier molecular flexibility index (Phi) is 7.59. The van der Waals surface area contributed by atoms with Gasteiger partial charge in [-0.3, -0.25) is 0 Å². The molecule has 0 spiro atoms. The average Bonchev–Trinajstić information content (AvgIpc) is 2.29. The van der Waals surface area contributed by atoms with E-state index in [0.717, 1.165) is 11.3 Å². The molecule has 0 heterocycles. The van der Waals surface area contributed by atoms with Gasteiger partial charge in [0, 0.05) is 0 Å². The smallest absolute Gasteiger partial charge is 0.418 e. The van der Waals surface area contributed by atoms with Crippen LogP contribution in [0.3, 0.4) is 0 Å². The van der Waals surface area contributed by atoms with Gasteiger partial charge in [0.05, 0.1) is 0 Å². The Morgan fingerprint density at radius 2 is 0.889 bits per heavy atom. The zero-order valence-electron chi connectivity index (χ0n) is 10.8. The van der Waals surface area contributed by atoms with Crippen LogP contribution in [0.2, 0.25) is 0 Å². The fourth-order valence-electron chi connectivity index (χ4n) is 2.87. The van der Waals surface area contributed by atoms with Gasteiger partial charge in [0.2, 0.25) is 0 Å². The van der Waals surface area contributed by atoms with E-state index < -0.39 is 7.25 Å². The molecule has 0 aromatic rings. The summed E-state index contributed by atoms with van der Waals surface area (Å²) in [6.45, 7) is 0. The van der Waals surface area contributed by atoms with Crippen molar-refractivity contribution < 1.29 is 17.3 Å². The molecule has 2 aliphatic carbocycles. The number of halogens is 4. The lowest BCUT2D eigenvalue weighted by atomic mass is 10.00. The standard InChI is InChI=1S/C12H23P.BF4/c1-3-7-11(8-4-1)13-12-9-5-2-6-10-12;2-1(3,4)5/h11-13H,1-10H2;/q;-1. The maximum atomic E-state index is 9.75. The van der Waals surface area contributed by atoms with Crippen molar-refractivity contribution in [2.75, 3.05) is 0 Å². The Hall–Kier alpha value is 0.215. The van der Waals surface area contributed by atoms with E-state index in [1.165, 1.54) is 47.1 Å². The van der Waals surface area contributed by atoms with E-state index in [0.29, 0.717) is 0 Å². The van der Waals surface area contributed by atoms with Crippen LogP contribution in [0.15, 0.2) is 0 Å². The lowest BCUT2D eigenvalue weighted by molar-refractivity contribution is 0.368. The quantitative estimate of drug-likeness (QED) is 0.350. The zero-order valence-corrected chi connectivity index (χ0v) is 11.8. The first kappa shape index (κ1) is 16.3. The molecule has 0 aliphatic heterocycles. The third-order valence-corrected chi connectivity index (χ3v) is 5.78. The second kappa shape index (κ2) is 8.40. The minimum absolute atomic E-state index is 1.15. The van der Waals surface area contributed by atoms with E-state index in [1.54, 1.807) is 25.7 Å². The molecule has 2 rings (SSSR count). The highest BCUT2D eigenvalue weighted by Gasteiger charge is 2.21. The fourth-order valence-corrected chi connectivity index (χ4v) is 5.02. The van der Waals surface area contributed by atoms with E-state index in [4.69, 9.17) is 0 Å². The van der Waals surface area contributed by atoms with Gasteiger partial charge in [-0.1, -0.05) is 38.5 Å². The van der Waals surface area contributed by atoms with Crippen LogP contribution >= 0.6 is 8.58 Å². The van der Waals surface area contributed by atoms with Gasteiger partial charge in [-0.2, -0.15) is 0 Å². The molecule has 0 atom stereocenters. The van der Waals surface area contributed by atoms with E-state index in [-0.39, 0.29) is 0 Å². The van der Waals surface area contributed by atoms with Crippen LogP contribution in [0.25, 0.3) is 0 Å². The average molecular weight is 285 g/mol. The molecule has 0 aromatic heterocycles. The van der Waals surface area contributed by atoms with Gasteiger partial charge in [0.15, 0.2) is 0 Å². The van der Waals surface area contributed by atoms with Crippen LogP contribution < -0.4 is 0 Å². The topological polar surface area (TPSA) is 0 Å². The van der Waals surface area contributed by atoms with Crippen molar-refractivity contribution in [2.24, 2.45) is 0 Å². The molecule has 2 fully saturated rings. The minimum Gasteiger partial charge on any atom is -0.418 e. The molecule has 2 saturated carbocycles. The van der Waals surface area contributed by atoms with Gasteiger partial charge in [-0.05, 0) is 37.0 Å². The van der Waals surface area contributed by atoms with Crippen molar-refractivity contribution in [3.63, 3.8) is 0 Å². The Labute approximate surface area is 109 Å². The summed E-state index contributed by atoms with van der Waals surface area (Å²) < 4.78 is 39.0. The molecule has 2 aliphatic rings. The summed E-state index contributed by atoms with van der Waals surface area (Å²) in [6.07, 6.45) is 15.4. The SMILES string of the molecule is C1CCC(PC2CCCCC2)CC1.F[B-](F)(F)F. The molecule has 0 radical (unpaired) electrons. The van der Waals surface area contributed by atoms with Crippen LogP contribution in [0.1, 0.15) is 64.2 Å². The van der Waals surface area contributed by atoms with E-state index in [2.05, 4.69) is 0 Å². The van der Waals surface area contributed by atoms with Gasteiger partial charge < -0.3 is 17.3 Å².